The standard InChI is InChI=1S/C14H19N3O2/c1-2-3-11(10-16)14(18)17-12-4-6-13(7-5-12)19-9-8-15/h4-7,11H,2-3,9-10,16H2,1H3,(H,17,18). The lowest BCUT2D eigenvalue weighted by molar-refractivity contribution is -0.119. The molecule has 5 heteroatoms. The molecule has 0 fully saturated rings. The van der Waals surface area contributed by atoms with Crippen LogP contribution in [0.25, 0.3) is 0 Å². The first-order valence-corrected chi connectivity index (χ1v) is 6.32. The molecular weight excluding hydrogens is 242 g/mol. The average Bonchev–Trinajstić information content (AvgIpc) is 2.43. The van der Waals surface area contributed by atoms with Crippen LogP contribution in [0.15, 0.2) is 24.3 Å². The van der Waals surface area contributed by atoms with Crippen LogP contribution in [-0.2, 0) is 4.79 Å². The predicted octanol–water partition coefficient (Wildman–Crippen LogP) is 1.90. The molecule has 3 N–H and O–H groups in total. The normalized spacial score (nSPS) is 11.4. The Morgan fingerprint density at radius 2 is 2.16 bits per heavy atom. The quantitative estimate of drug-likeness (QED) is 0.784. The minimum atomic E-state index is -0.153. The van der Waals surface area contributed by atoms with Crippen molar-refractivity contribution in [2.75, 3.05) is 18.5 Å². The number of anilines is 1. The number of nitrogens with two attached hydrogens (primary N) is 1. The van der Waals surface area contributed by atoms with E-state index in [-0.39, 0.29) is 18.4 Å². The molecule has 0 aliphatic carbocycles. The zero-order valence-electron chi connectivity index (χ0n) is 11.1. The Labute approximate surface area is 113 Å². The molecule has 1 atom stereocenters. The van der Waals surface area contributed by atoms with Gasteiger partial charge in [0.25, 0.3) is 0 Å². The highest BCUT2D eigenvalue weighted by Crippen LogP contribution is 2.17. The molecule has 0 saturated carbocycles. The monoisotopic (exact) mass is 261 g/mol. The highest BCUT2D eigenvalue weighted by Gasteiger charge is 2.15. The van der Waals surface area contributed by atoms with Crippen molar-refractivity contribution in [2.45, 2.75) is 19.8 Å². The van der Waals surface area contributed by atoms with Crippen molar-refractivity contribution in [3.63, 3.8) is 0 Å². The Kier molecular flexibility index (Phi) is 6.41. The van der Waals surface area contributed by atoms with Crippen molar-refractivity contribution >= 4 is 11.6 Å². The lowest BCUT2D eigenvalue weighted by Crippen LogP contribution is -2.29. The van der Waals surface area contributed by atoms with Gasteiger partial charge in [0.05, 0.1) is 5.92 Å². The summed E-state index contributed by atoms with van der Waals surface area (Å²) >= 11 is 0. The minimum Gasteiger partial charge on any atom is -0.479 e. The molecule has 0 aliphatic rings. The molecule has 0 radical (unpaired) electrons. The molecule has 0 aliphatic heterocycles. The summed E-state index contributed by atoms with van der Waals surface area (Å²) in [6.07, 6.45) is 1.71. The predicted molar refractivity (Wildman–Crippen MR) is 73.6 cm³/mol. The number of benzene rings is 1. The number of rotatable bonds is 7. The maximum Gasteiger partial charge on any atom is 0.228 e. The second-order valence-electron chi connectivity index (χ2n) is 4.18. The Morgan fingerprint density at radius 1 is 1.47 bits per heavy atom. The van der Waals surface area contributed by atoms with Gasteiger partial charge in [-0.05, 0) is 30.7 Å². The van der Waals surface area contributed by atoms with Crippen LogP contribution in [0, 0.1) is 17.2 Å². The molecule has 1 aromatic carbocycles. The lowest BCUT2D eigenvalue weighted by atomic mass is 10.0. The summed E-state index contributed by atoms with van der Waals surface area (Å²) in [6.45, 7) is 2.39. The third-order valence-electron chi connectivity index (χ3n) is 2.72. The van der Waals surface area contributed by atoms with Crippen LogP contribution in [0.3, 0.4) is 0 Å². The van der Waals surface area contributed by atoms with E-state index in [1.54, 1.807) is 24.3 Å². The van der Waals surface area contributed by atoms with Gasteiger partial charge in [0, 0.05) is 12.2 Å². The van der Waals surface area contributed by atoms with Gasteiger partial charge in [-0.15, -0.1) is 0 Å². The van der Waals surface area contributed by atoms with E-state index >= 15 is 0 Å². The molecule has 0 bridgehead atoms. The summed E-state index contributed by atoms with van der Waals surface area (Å²) in [7, 11) is 0. The number of nitriles is 1. The summed E-state index contributed by atoms with van der Waals surface area (Å²) in [5.74, 6) is 0.387. The van der Waals surface area contributed by atoms with Gasteiger partial charge in [-0.1, -0.05) is 13.3 Å². The maximum absolute atomic E-state index is 11.9. The molecule has 102 valence electrons. The molecule has 0 aromatic heterocycles. The first kappa shape index (κ1) is 15.0. The van der Waals surface area contributed by atoms with Crippen molar-refractivity contribution in [1.29, 1.82) is 5.26 Å². The molecule has 19 heavy (non-hydrogen) atoms. The zero-order valence-corrected chi connectivity index (χ0v) is 11.1. The lowest BCUT2D eigenvalue weighted by Gasteiger charge is -2.14. The minimum absolute atomic E-state index is 0.0114. The van der Waals surface area contributed by atoms with Gasteiger partial charge in [-0.3, -0.25) is 4.79 Å². The molecule has 0 spiro atoms. The number of ether oxygens (including phenoxy) is 1. The first-order valence-electron chi connectivity index (χ1n) is 6.32. The van der Waals surface area contributed by atoms with Gasteiger partial charge in [0.1, 0.15) is 11.8 Å². The van der Waals surface area contributed by atoms with E-state index in [9.17, 15) is 4.79 Å². The van der Waals surface area contributed by atoms with E-state index in [1.807, 2.05) is 13.0 Å². The average molecular weight is 261 g/mol. The molecule has 1 rings (SSSR count). The van der Waals surface area contributed by atoms with E-state index in [2.05, 4.69) is 5.32 Å². The van der Waals surface area contributed by atoms with Crippen molar-refractivity contribution < 1.29 is 9.53 Å². The molecular formula is C14H19N3O2. The van der Waals surface area contributed by atoms with Crippen LogP contribution < -0.4 is 15.8 Å². The summed E-state index contributed by atoms with van der Waals surface area (Å²) < 4.78 is 5.13. The first-order chi connectivity index (χ1) is 9.21. The van der Waals surface area contributed by atoms with Crippen LogP contribution in [0.2, 0.25) is 0 Å². The third-order valence-corrected chi connectivity index (χ3v) is 2.72. The zero-order chi connectivity index (χ0) is 14.1. The summed E-state index contributed by atoms with van der Waals surface area (Å²) in [4.78, 5) is 11.9. The Balaban J connectivity index is 2.57. The second kappa shape index (κ2) is 8.11. The Hall–Kier alpha value is -2.06. The van der Waals surface area contributed by atoms with Crippen molar-refractivity contribution in [3.05, 3.63) is 24.3 Å². The second-order valence-corrected chi connectivity index (χ2v) is 4.18. The van der Waals surface area contributed by atoms with Crippen molar-refractivity contribution in [3.8, 4) is 11.8 Å². The molecule has 1 aromatic rings. The highest BCUT2D eigenvalue weighted by atomic mass is 16.5. The number of amides is 1. The van der Waals surface area contributed by atoms with Crippen molar-refractivity contribution in [1.82, 2.24) is 0 Å². The topological polar surface area (TPSA) is 88.1 Å². The van der Waals surface area contributed by atoms with Gasteiger partial charge < -0.3 is 15.8 Å². The Bertz CT molecular complexity index is 437. The van der Waals surface area contributed by atoms with Gasteiger partial charge in [0.2, 0.25) is 5.91 Å². The Morgan fingerprint density at radius 3 is 2.68 bits per heavy atom. The van der Waals surface area contributed by atoms with E-state index < -0.39 is 0 Å². The maximum atomic E-state index is 11.9. The van der Waals surface area contributed by atoms with E-state index in [0.29, 0.717) is 18.0 Å². The fraction of sp³-hybridized carbons (Fsp3) is 0.429. The highest BCUT2D eigenvalue weighted by molar-refractivity contribution is 5.92. The van der Waals surface area contributed by atoms with Crippen LogP contribution in [0.5, 0.6) is 5.75 Å². The molecule has 5 nitrogen and oxygen atoms in total. The molecule has 0 heterocycles. The number of carbonyl (C=O) groups is 1. The van der Waals surface area contributed by atoms with Gasteiger partial charge in [0.15, 0.2) is 6.61 Å². The summed E-state index contributed by atoms with van der Waals surface area (Å²) in [5.41, 5.74) is 6.28. The number of hydrogen-bond acceptors (Lipinski definition) is 4. The van der Waals surface area contributed by atoms with Crippen LogP contribution in [0.4, 0.5) is 5.69 Å². The molecule has 1 amide bonds. The summed E-state index contributed by atoms with van der Waals surface area (Å²) in [6, 6.07) is 8.80. The van der Waals surface area contributed by atoms with Crippen molar-refractivity contribution in [2.24, 2.45) is 11.7 Å². The number of nitrogens with one attached hydrogen (secondary N) is 1. The fourth-order valence-electron chi connectivity index (χ4n) is 1.70. The van der Waals surface area contributed by atoms with Crippen LogP contribution in [0.1, 0.15) is 19.8 Å². The van der Waals surface area contributed by atoms with Gasteiger partial charge in [-0.2, -0.15) is 5.26 Å². The largest absolute Gasteiger partial charge is 0.479 e. The van der Waals surface area contributed by atoms with Gasteiger partial charge >= 0.3 is 0 Å². The van der Waals surface area contributed by atoms with E-state index in [4.69, 9.17) is 15.7 Å². The van der Waals surface area contributed by atoms with Crippen LogP contribution in [-0.4, -0.2) is 19.1 Å². The van der Waals surface area contributed by atoms with Crippen LogP contribution >= 0.6 is 0 Å². The fourth-order valence-corrected chi connectivity index (χ4v) is 1.70. The third kappa shape index (κ3) is 4.98. The van der Waals surface area contributed by atoms with E-state index in [1.165, 1.54) is 0 Å². The summed E-state index contributed by atoms with van der Waals surface area (Å²) in [5, 5.41) is 11.2. The molecule has 1 unspecified atom stereocenters. The number of hydrogen-bond donors (Lipinski definition) is 2. The SMILES string of the molecule is CCCC(CN)C(=O)Nc1ccc(OCC#N)cc1. The van der Waals surface area contributed by atoms with Gasteiger partial charge in [-0.25, -0.2) is 0 Å². The number of carbonyl (C=O) groups excluding carboxylic acids is 1. The smallest absolute Gasteiger partial charge is 0.228 e. The molecule has 0 saturated heterocycles. The van der Waals surface area contributed by atoms with E-state index in [0.717, 1.165) is 12.8 Å². The number of nitrogens with zero attached hydrogens (tertiary/aromatic N) is 1.